The number of hydrogen-bond donors (Lipinski definition) is 2. The van der Waals surface area contributed by atoms with Gasteiger partial charge in [-0.2, -0.15) is 0 Å². The van der Waals surface area contributed by atoms with Crippen LogP contribution in [0.2, 0.25) is 5.02 Å². The number of ether oxygens (including phenoxy) is 1. The summed E-state index contributed by atoms with van der Waals surface area (Å²) in [6, 6.07) is 13.5. The molecular formula is C21H24ClN3O2S. The van der Waals surface area contributed by atoms with Crippen LogP contribution in [-0.4, -0.2) is 30.7 Å². The van der Waals surface area contributed by atoms with E-state index < -0.39 is 0 Å². The molecule has 0 radical (unpaired) electrons. The molecule has 1 aliphatic heterocycles. The highest BCUT2D eigenvalue weighted by Gasteiger charge is 2.18. The predicted octanol–water partition coefficient (Wildman–Crippen LogP) is 4.85. The maximum atomic E-state index is 12.3. The molecule has 148 valence electrons. The summed E-state index contributed by atoms with van der Waals surface area (Å²) < 4.78 is 5.09. The number of anilines is 2. The summed E-state index contributed by atoms with van der Waals surface area (Å²) in [5.74, 6) is 0.183. The van der Waals surface area contributed by atoms with Crippen LogP contribution < -0.4 is 20.3 Å². The highest BCUT2D eigenvalue weighted by atomic mass is 35.5. The highest BCUT2D eigenvalue weighted by Crippen LogP contribution is 2.26. The summed E-state index contributed by atoms with van der Waals surface area (Å²) in [4.78, 5) is 14.8. The van der Waals surface area contributed by atoms with Gasteiger partial charge in [0.25, 0.3) is 5.91 Å². The van der Waals surface area contributed by atoms with E-state index in [0.717, 1.165) is 12.2 Å². The number of benzene rings is 2. The van der Waals surface area contributed by atoms with Crippen molar-refractivity contribution in [3.05, 3.63) is 53.1 Å². The molecule has 7 heteroatoms. The van der Waals surface area contributed by atoms with Crippen molar-refractivity contribution in [1.29, 1.82) is 0 Å². The number of carbonyl (C=O) groups is 1. The molecule has 1 fully saturated rings. The van der Waals surface area contributed by atoms with Gasteiger partial charge in [-0.05, 0) is 80.9 Å². The third-order valence-corrected chi connectivity index (χ3v) is 5.40. The Balaban J connectivity index is 1.58. The molecule has 0 aromatic heterocycles. The van der Waals surface area contributed by atoms with Crippen LogP contribution in [0.25, 0.3) is 0 Å². The van der Waals surface area contributed by atoms with Crippen molar-refractivity contribution in [2.45, 2.75) is 32.2 Å². The molecule has 0 saturated carbocycles. The standard InChI is InChI=1S/C21H24ClN3O2S/c1-14-5-3-4-12-25(14)17-9-7-16(8-10-17)23-21(28)24-20(26)15-6-11-19(27-2)18(22)13-15/h6-11,13-14H,3-5,12H2,1-2H3,(H2,23,24,26,28)/t14-/m0/s1. The third kappa shape index (κ3) is 4.94. The first-order valence-electron chi connectivity index (χ1n) is 9.30. The molecule has 0 aliphatic carbocycles. The topological polar surface area (TPSA) is 53.6 Å². The van der Waals surface area contributed by atoms with Gasteiger partial charge >= 0.3 is 0 Å². The van der Waals surface area contributed by atoms with E-state index in [4.69, 9.17) is 28.6 Å². The van der Waals surface area contributed by atoms with Crippen molar-refractivity contribution in [2.75, 3.05) is 23.9 Å². The van der Waals surface area contributed by atoms with Gasteiger partial charge in [0.15, 0.2) is 5.11 Å². The monoisotopic (exact) mass is 417 g/mol. The van der Waals surface area contributed by atoms with Crippen molar-refractivity contribution < 1.29 is 9.53 Å². The van der Waals surface area contributed by atoms with E-state index in [9.17, 15) is 4.79 Å². The highest BCUT2D eigenvalue weighted by molar-refractivity contribution is 7.80. The van der Waals surface area contributed by atoms with E-state index in [2.05, 4.69) is 34.6 Å². The van der Waals surface area contributed by atoms with Gasteiger partial charge in [0.05, 0.1) is 12.1 Å². The summed E-state index contributed by atoms with van der Waals surface area (Å²) in [7, 11) is 1.53. The average molecular weight is 418 g/mol. The number of methoxy groups -OCH3 is 1. The number of thiocarbonyl (C=S) groups is 1. The van der Waals surface area contributed by atoms with Gasteiger partial charge in [-0.1, -0.05) is 11.6 Å². The van der Waals surface area contributed by atoms with E-state index in [1.165, 1.54) is 32.1 Å². The van der Waals surface area contributed by atoms with Crippen LogP contribution >= 0.6 is 23.8 Å². The Bertz CT molecular complexity index is 857. The summed E-state index contributed by atoms with van der Waals surface area (Å²) in [6.07, 6.45) is 3.76. The SMILES string of the molecule is COc1ccc(C(=O)NC(=S)Nc2ccc(N3CCCC[C@@H]3C)cc2)cc1Cl. The summed E-state index contributed by atoms with van der Waals surface area (Å²) in [5.41, 5.74) is 2.44. The molecule has 28 heavy (non-hydrogen) atoms. The summed E-state index contributed by atoms with van der Waals surface area (Å²) >= 11 is 11.3. The van der Waals surface area contributed by atoms with Crippen molar-refractivity contribution in [3.63, 3.8) is 0 Å². The third-order valence-electron chi connectivity index (χ3n) is 4.90. The molecule has 1 saturated heterocycles. The van der Waals surface area contributed by atoms with Gasteiger partial charge in [-0.25, -0.2) is 0 Å². The van der Waals surface area contributed by atoms with E-state index >= 15 is 0 Å². The number of piperidine rings is 1. The molecule has 2 aromatic rings. The number of amides is 1. The molecule has 1 aliphatic rings. The molecule has 0 bridgehead atoms. The fourth-order valence-corrected chi connectivity index (χ4v) is 3.83. The normalized spacial score (nSPS) is 16.4. The first-order chi connectivity index (χ1) is 13.5. The van der Waals surface area contributed by atoms with Crippen molar-refractivity contribution >= 4 is 46.2 Å². The van der Waals surface area contributed by atoms with Gasteiger partial charge in [-0.15, -0.1) is 0 Å². The zero-order chi connectivity index (χ0) is 20.1. The van der Waals surface area contributed by atoms with Crippen LogP contribution in [0, 0.1) is 0 Å². The van der Waals surface area contributed by atoms with Crippen LogP contribution in [0.4, 0.5) is 11.4 Å². The van der Waals surface area contributed by atoms with E-state index in [-0.39, 0.29) is 11.0 Å². The van der Waals surface area contributed by atoms with Gasteiger partial charge in [-0.3, -0.25) is 10.1 Å². The minimum absolute atomic E-state index is 0.232. The summed E-state index contributed by atoms with van der Waals surface area (Å²) in [5, 5.41) is 6.31. The molecule has 3 rings (SSSR count). The molecule has 0 spiro atoms. The lowest BCUT2D eigenvalue weighted by Crippen LogP contribution is -2.37. The lowest BCUT2D eigenvalue weighted by Gasteiger charge is -2.35. The first kappa shape index (κ1) is 20.4. The lowest BCUT2D eigenvalue weighted by molar-refractivity contribution is 0.0977. The summed E-state index contributed by atoms with van der Waals surface area (Å²) in [6.45, 7) is 3.36. The molecule has 2 N–H and O–H groups in total. The van der Waals surface area contributed by atoms with E-state index in [1.807, 2.05) is 12.1 Å². The minimum Gasteiger partial charge on any atom is -0.495 e. The van der Waals surface area contributed by atoms with Crippen LogP contribution in [0.5, 0.6) is 5.75 Å². The second-order valence-electron chi connectivity index (χ2n) is 6.84. The van der Waals surface area contributed by atoms with E-state index in [1.54, 1.807) is 18.2 Å². The molecule has 1 heterocycles. The largest absolute Gasteiger partial charge is 0.495 e. The Hall–Kier alpha value is -2.31. The van der Waals surface area contributed by atoms with Crippen molar-refractivity contribution in [1.82, 2.24) is 5.32 Å². The fraction of sp³-hybridized carbons (Fsp3) is 0.333. The minimum atomic E-state index is -0.333. The molecule has 5 nitrogen and oxygen atoms in total. The van der Waals surface area contributed by atoms with Gasteiger partial charge in [0, 0.05) is 29.5 Å². The first-order valence-corrected chi connectivity index (χ1v) is 10.1. The molecule has 0 unspecified atom stereocenters. The Morgan fingerprint density at radius 2 is 1.96 bits per heavy atom. The zero-order valence-electron chi connectivity index (χ0n) is 16.0. The van der Waals surface area contributed by atoms with Crippen molar-refractivity contribution in [3.8, 4) is 5.75 Å². The number of carbonyl (C=O) groups excluding carboxylic acids is 1. The fourth-order valence-electron chi connectivity index (χ4n) is 3.36. The second-order valence-corrected chi connectivity index (χ2v) is 7.66. The Morgan fingerprint density at radius 3 is 2.61 bits per heavy atom. The van der Waals surface area contributed by atoms with Crippen LogP contribution in [0.3, 0.4) is 0 Å². The van der Waals surface area contributed by atoms with Crippen LogP contribution in [0.15, 0.2) is 42.5 Å². The molecule has 1 atom stereocenters. The maximum absolute atomic E-state index is 12.3. The number of rotatable bonds is 4. The smallest absolute Gasteiger partial charge is 0.257 e. The van der Waals surface area contributed by atoms with Gasteiger partial charge in [0.1, 0.15) is 5.75 Å². The maximum Gasteiger partial charge on any atom is 0.257 e. The number of hydrogen-bond acceptors (Lipinski definition) is 4. The molecular weight excluding hydrogens is 394 g/mol. The van der Waals surface area contributed by atoms with Crippen LogP contribution in [-0.2, 0) is 0 Å². The number of halogens is 1. The predicted molar refractivity (Wildman–Crippen MR) is 119 cm³/mol. The lowest BCUT2D eigenvalue weighted by atomic mass is 10.0. The zero-order valence-corrected chi connectivity index (χ0v) is 17.6. The molecule has 1 amide bonds. The van der Waals surface area contributed by atoms with E-state index in [0.29, 0.717) is 22.4 Å². The Labute approximate surface area is 176 Å². The van der Waals surface area contributed by atoms with Crippen molar-refractivity contribution in [2.24, 2.45) is 0 Å². The number of nitrogens with zero attached hydrogens (tertiary/aromatic N) is 1. The Kier molecular flexibility index (Phi) is 6.75. The van der Waals surface area contributed by atoms with Crippen LogP contribution in [0.1, 0.15) is 36.5 Å². The average Bonchev–Trinajstić information content (AvgIpc) is 2.69. The Morgan fingerprint density at radius 1 is 1.21 bits per heavy atom. The van der Waals surface area contributed by atoms with Gasteiger partial charge < -0.3 is 15.0 Å². The molecule has 2 aromatic carbocycles. The quantitative estimate of drug-likeness (QED) is 0.696. The van der Waals surface area contributed by atoms with Gasteiger partial charge in [0.2, 0.25) is 0 Å². The second kappa shape index (κ2) is 9.26. The number of nitrogens with one attached hydrogen (secondary N) is 2.